The van der Waals surface area contributed by atoms with Crippen molar-refractivity contribution < 1.29 is 14.6 Å². The van der Waals surface area contributed by atoms with Gasteiger partial charge in [0, 0.05) is 38.2 Å². The molecule has 1 fully saturated rings. The van der Waals surface area contributed by atoms with Gasteiger partial charge in [-0.1, -0.05) is 0 Å². The highest BCUT2D eigenvalue weighted by Gasteiger charge is 2.37. The fraction of sp³-hybridized carbons (Fsp3) is 0.750. The number of ether oxygens (including phenoxy) is 1. The topological polar surface area (TPSA) is 67.6 Å². The van der Waals surface area contributed by atoms with Gasteiger partial charge in [0.2, 0.25) is 0 Å². The molecule has 0 bridgehead atoms. The zero-order valence-electron chi connectivity index (χ0n) is 13.6. The molecule has 1 amide bonds. The molecule has 0 saturated heterocycles. The second kappa shape index (κ2) is 6.01. The molecule has 3 rings (SSSR count). The summed E-state index contributed by atoms with van der Waals surface area (Å²) in [6.45, 7) is 4.76. The lowest BCUT2D eigenvalue weighted by atomic mass is 9.99. The highest BCUT2D eigenvalue weighted by atomic mass is 16.5. The molecule has 1 N–H and O–H groups in total. The number of carbonyl (C=O) groups excluding carboxylic acids is 1. The van der Waals surface area contributed by atoms with Crippen molar-refractivity contribution in [3.8, 4) is 0 Å². The van der Waals surface area contributed by atoms with Gasteiger partial charge in [0.1, 0.15) is 0 Å². The first-order chi connectivity index (χ1) is 10.5. The van der Waals surface area contributed by atoms with Crippen LogP contribution in [0.4, 0.5) is 0 Å². The number of aliphatic hydroxyl groups excluding tert-OH is 1. The maximum atomic E-state index is 13.0. The largest absolute Gasteiger partial charge is 0.396 e. The van der Waals surface area contributed by atoms with Gasteiger partial charge in [-0.3, -0.25) is 9.48 Å². The van der Waals surface area contributed by atoms with Gasteiger partial charge in [0.05, 0.1) is 17.9 Å². The first kappa shape index (κ1) is 15.5. The lowest BCUT2D eigenvalue weighted by Crippen LogP contribution is -2.35. The third kappa shape index (κ3) is 2.77. The zero-order chi connectivity index (χ0) is 15.9. The van der Waals surface area contributed by atoms with Gasteiger partial charge in [-0.05, 0) is 33.1 Å². The minimum absolute atomic E-state index is 0.00843. The smallest absolute Gasteiger partial charge is 0.274 e. The molecule has 22 heavy (non-hydrogen) atoms. The molecule has 2 aliphatic rings. The molecular weight excluding hydrogens is 282 g/mol. The molecule has 1 aromatic heterocycles. The van der Waals surface area contributed by atoms with Gasteiger partial charge in [-0.25, -0.2) is 0 Å². The number of hydrogen-bond acceptors (Lipinski definition) is 4. The Morgan fingerprint density at radius 3 is 2.82 bits per heavy atom. The maximum absolute atomic E-state index is 13.0. The molecule has 2 atom stereocenters. The second-order valence-corrected chi connectivity index (χ2v) is 6.44. The number of aliphatic hydroxyl groups is 1. The van der Waals surface area contributed by atoms with Crippen LogP contribution in [0.2, 0.25) is 0 Å². The van der Waals surface area contributed by atoms with Crippen LogP contribution in [0, 0.1) is 0 Å². The highest BCUT2D eigenvalue weighted by Crippen LogP contribution is 2.34. The van der Waals surface area contributed by atoms with Gasteiger partial charge in [0.15, 0.2) is 5.69 Å². The first-order valence-corrected chi connectivity index (χ1v) is 8.16. The minimum Gasteiger partial charge on any atom is -0.396 e. The molecule has 122 valence electrons. The number of nitrogens with zero attached hydrogens (tertiary/aromatic N) is 3. The van der Waals surface area contributed by atoms with Crippen molar-refractivity contribution in [2.24, 2.45) is 7.05 Å². The summed E-state index contributed by atoms with van der Waals surface area (Å²) < 4.78 is 7.64. The van der Waals surface area contributed by atoms with Crippen molar-refractivity contribution in [2.75, 3.05) is 13.2 Å². The number of hydrogen-bond donors (Lipinski definition) is 1. The van der Waals surface area contributed by atoms with Gasteiger partial charge >= 0.3 is 0 Å². The predicted octanol–water partition coefficient (Wildman–Crippen LogP) is 1.43. The van der Waals surface area contributed by atoms with Crippen molar-refractivity contribution in [3.05, 3.63) is 17.0 Å². The summed E-state index contributed by atoms with van der Waals surface area (Å²) in [6.07, 6.45) is 3.53. The molecular formula is C16H25N3O3. The summed E-state index contributed by atoms with van der Waals surface area (Å²) in [5.41, 5.74) is 2.62. The molecule has 6 nitrogen and oxygen atoms in total. The Morgan fingerprint density at radius 2 is 2.18 bits per heavy atom. The first-order valence-electron chi connectivity index (χ1n) is 8.16. The van der Waals surface area contributed by atoms with Crippen molar-refractivity contribution in [2.45, 2.75) is 57.8 Å². The van der Waals surface area contributed by atoms with E-state index >= 15 is 0 Å². The monoisotopic (exact) mass is 307 g/mol. The maximum Gasteiger partial charge on any atom is 0.274 e. The minimum atomic E-state index is -0.0374. The molecule has 0 radical (unpaired) electrons. The van der Waals surface area contributed by atoms with E-state index in [9.17, 15) is 4.79 Å². The van der Waals surface area contributed by atoms with Crippen molar-refractivity contribution in [1.29, 1.82) is 0 Å². The Labute approximate surface area is 131 Å². The van der Waals surface area contributed by atoms with E-state index < -0.39 is 0 Å². The number of rotatable bonds is 5. The summed E-state index contributed by atoms with van der Waals surface area (Å²) in [5.74, 6) is 0.00843. The van der Waals surface area contributed by atoms with Crippen LogP contribution in [0.25, 0.3) is 0 Å². The van der Waals surface area contributed by atoms with E-state index in [1.54, 1.807) is 4.68 Å². The number of aryl methyl sites for hydroxylation is 1. The van der Waals surface area contributed by atoms with Crippen LogP contribution in [0.5, 0.6) is 0 Å². The van der Waals surface area contributed by atoms with E-state index in [-0.39, 0.29) is 24.7 Å². The molecule has 1 aliphatic heterocycles. The third-order valence-electron chi connectivity index (χ3n) is 4.51. The molecule has 6 heteroatoms. The van der Waals surface area contributed by atoms with Crippen LogP contribution in [0.1, 0.15) is 61.0 Å². The number of amides is 1. The predicted molar refractivity (Wildman–Crippen MR) is 81.6 cm³/mol. The molecule has 0 aromatic carbocycles. The summed E-state index contributed by atoms with van der Waals surface area (Å²) in [6, 6.07) is 0.325. The van der Waals surface area contributed by atoms with E-state index in [1.165, 1.54) is 0 Å². The van der Waals surface area contributed by atoms with E-state index in [0.29, 0.717) is 24.7 Å². The summed E-state index contributed by atoms with van der Waals surface area (Å²) in [4.78, 5) is 14.9. The molecule has 1 aromatic rings. The Hall–Kier alpha value is -1.40. The lowest BCUT2D eigenvalue weighted by molar-refractivity contribution is -0.00906. The Bertz CT molecular complexity index is 565. The van der Waals surface area contributed by atoms with Crippen LogP contribution < -0.4 is 0 Å². The summed E-state index contributed by atoms with van der Waals surface area (Å²) >= 11 is 0. The number of aromatic nitrogens is 2. The average molecular weight is 307 g/mol. The standard InChI is InChI=1S/C16H25N3O3/c1-10-9-13-14(17-18(3)15(13)11(2)22-10)16(21)19(7-4-8-20)12-5-6-12/h10-12,20H,4-9H2,1-3H3/t10-,11+/m1/s1. The number of carbonyl (C=O) groups is 1. The fourth-order valence-electron chi connectivity index (χ4n) is 3.42. The van der Waals surface area contributed by atoms with E-state index in [2.05, 4.69) is 5.10 Å². The van der Waals surface area contributed by atoms with Gasteiger partial charge in [0.25, 0.3) is 5.91 Å². The molecule has 0 unspecified atom stereocenters. The van der Waals surface area contributed by atoms with Crippen molar-refractivity contribution >= 4 is 5.91 Å². The average Bonchev–Trinajstić information content (AvgIpc) is 3.23. The van der Waals surface area contributed by atoms with Crippen LogP contribution in [0.3, 0.4) is 0 Å². The summed E-state index contributed by atoms with van der Waals surface area (Å²) in [5, 5.41) is 13.6. The van der Waals surface area contributed by atoms with E-state index in [4.69, 9.17) is 9.84 Å². The highest BCUT2D eigenvalue weighted by molar-refractivity contribution is 5.94. The molecule has 1 saturated carbocycles. The van der Waals surface area contributed by atoms with Crippen LogP contribution in [-0.4, -0.2) is 51.0 Å². The van der Waals surface area contributed by atoms with Crippen molar-refractivity contribution in [3.63, 3.8) is 0 Å². The summed E-state index contributed by atoms with van der Waals surface area (Å²) in [7, 11) is 1.88. The Balaban J connectivity index is 1.90. The van der Waals surface area contributed by atoms with Gasteiger partial charge in [-0.2, -0.15) is 5.10 Å². The SMILES string of the molecule is C[C@@H]1Cc2c(C(=O)N(CCCO)C3CC3)nn(C)c2[C@H](C)O1. The van der Waals surface area contributed by atoms with Crippen molar-refractivity contribution in [1.82, 2.24) is 14.7 Å². The van der Waals surface area contributed by atoms with Crippen LogP contribution in [0.15, 0.2) is 0 Å². The normalized spacial score (nSPS) is 24.2. The van der Waals surface area contributed by atoms with Crippen LogP contribution >= 0.6 is 0 Å². The number of fused-ring (bicyclic) bond motifs is 1. The molecule has 0 spiro atoms. The van der Waals surface area contributed by atoms with E-state index in [0.717, 1.165) is 30.5 Å². The van der Waals surface area contributed by atoms with E-state index in [1.807, 2.05) is 25.8 Å². The fourth-order valence-corrected chi connectivity index (χ4v) is 3.42. The van der Waals surface area contributed by atoms with Gasteiger partial charge < -0.3 is 14.7 Å². The lowest BCUT2D eigenvalue weighted by Gasteiger charge is -2.27. The molecule has 1 aliphatic carbocycles. The third-order valence-corrected chi connectivity index (χ3v) is 4.51. The zero-order valence-corrected chi connectivity index (χ0v) is 13.6. The Morgan fingerprint density at radius 1 is 1.45 bits per heavy atom. The quantitative estimate of drug-likeness (QED) is 0.893. The second-order valence-electron chi connectivity index (χ2n) is 6.44. The molecule has 2 heterocycles. The Kier molecular flexibility index (Phi) is 4.23. The van der Waals surface area contributed by atoms with Gasteiger partial charge in [-0.15, -0.1) is 0 Å². The van der Waals surface area contributed by atoms with Crippen LogP contribution in [-0.2, 0) is 18.2 Å².